The molecule has 0 saturated heterocycles. The van der Waals surface area contributed by atoms with Gasteiger partial charge in [0.25, 0.3) is 0 Å². The van der Waals surface area contributed by atoms with Gasteiger partial charge in [-0.15, -0.1) is 0 Å². The third-order valence-corrected chi connectivity index (χ3v) is 2.17. The summed E-state index contributed by atoms with van der Waals surface area (Å²) in [7, 11) is 0. The lowest BCUT2D eigenvalue weighted by molar-refractivity contribution is -0.142. The predicted octanol–water partition coefficient (Wildman–Crippen LogP) is 2.54. The number of esters is 1. The van der Waals surface area contributed by atoms with E-state index in [2.05, 4.69) is 6.58 Å². The molecule has 12 heavy (non-hydrogen) atoms. The van der Waals surface area contributed by atoms with E-state index in [-0.39, 0.29) is 12.1 Å². The second kappa shape index (κ2) is 4.07. The van der Waals surface area contributed by atoms with Gasteiger partial charge in [-0.1, -0.05) is 6.58 Å². The third kappa shape index (κ3) is 2.20. The van der Waals surface area contributed by atoms with E-state index in [0.717, 1.165) is 5.56 Å². The Morgan fingerprint density at radius 2 is 2.58 bits per heavy atom. The van der Waals surface area contributed by atoms with E-state index in [4.69, 9.17) is 4.74 Å². The summed E-state index contributed by atoms with van der Waals surface area (Å²) in [6, 6.07) is 1.94. The summed E-state index contributed by atoms with van der Waals surface area (Å²) in [6.45, 7) is 5.16. The molecule has 0 spiro atoms. The van der Waals surface area contributed by atoms with Gasteiger partial charge in [0.05, 0.1) is 0 Å². The van der Waals surface area contributed by atoms with Crippen molar-refractivity contribution in [3.63, 3.8) is 0 Å². The number of rotatable bonds is 3. The highest BCUT2D eigenvalue weighted by molar-refractivity contribution is 7.07. The van der Waals surface area contributed by atoms with Crippen LogP contribution in [0.25, 0.3) is 0 Å². The summed E-state index contributed by atoms with van der Waals surface area (Å²) in [4.78, 5) is 10.8. The van der Waals surface area contributed by atoms with E-state index in [1.807, 2.05) is 23.8 Å². The van der Waals surface area contributed by atoms with Gasteiger partial charge in [-0.05, 0) is 23.8 Å². The van der Waals surface area contributed by atoms with Crippen molar-refractivity contribution in [1.82, 2.24) is 0 Å². The lowest BCUT2D eigenvalue weighted by Crippen LogP contribution is -2.04. The fourth-order valence-corrected chi connectivity index (χ4v) is 1.54. The second-order valence-electron chi connectivity index (χ2n) is 2.34. The standard InChI is InChI=1S/C9H10O2S/c1-3-9(10)11-7(2)8-4-5-12-6-8/h3-7H,1H2,2H3. The Kier molecular flexibility index (Phi) is 3.05. The molecule has 2 nitrogen and oxygen atoms in total. The average molecular weight is 182 g/mol. The molecule has 0 aliphatic rings. The molecule has 0 radical (unpaired) electrons. The normalized spacial score (nSPS) is 12.1. The average Bonchev–Trinajstić information content (AvgIpc) is 2.56. The molecule has 0 amide bonds. The van der Waals surface area contributed by atoms with Gasteiger partial charge in [0, 0.05) is 11.6 Å². The molecule has 1 aromatic rings. The van der Waals surface area contributed by atoms with E-state index in [9.17, 15) is 4.79 Å². The van der Waals surface area contributed by atoms with Crippen molar-refractivity contribution in [1.29, 1.82) is 0 Å². The van der Waals surface area contributed by atoms with Crippen LogP contribution in [0.1, 0.15) is 18.6 Å². The van der Waals surface area contributed by atoms with Gasteiger partial charge >= 0.3 is 5.97 Å². The Bertz CT molecular complexity index is 264. The smallest absolute Gasteiger partial charge is 0.330 e. The van der Waals surface area contributed by atoms with Crippen LogP contribution in [0.3, 0.4) is 0 Å². The molecule has 0 aliphatic carbocycles. The minimum atomic E-state index is -0.381. The van der Waals surface area contributed by atoms with Crippen LogP contribution in [-0.2, 0) is 9.53 Å². The fourth-order valence-electron chi connectivity index (χ4n) is 0.797. The number of hydrogen-bond acceptors (Lipinski definition) is 3. The first-order valence-corrected chi connectivity index (χ1v) is 4.53. The van der Waals surface area contributed by atoms with Gasteiger partial charge < -0.3 is 4.74 Å². The van der Waals surface area contributed by atoms with Crippen molar-refractivity contribution in [2.75, 3.05) is 0 Å². The zero-order valence-electron chi connectivity index (χ0n) is 6.82. The molecule has 0 aliphatic heterocycles. The molecule has 0 fully saturated rings. The fraction of sp³-hybridized carbons (Fsp3) is 0.222. The molecule has 1 atom stereocenters. The van der Waals surface area contributed by atoms with Crippen LogP contribution in [0.5, 0.6) is 0 Å². The minimum Gasteiger partial charge on any atom is -0.455 e. The summed E-state index contributed by atoms with van der Waals surface area (Å²) < 4.78 is 4.99. The van der Waals surface area contributed by atoms with Crippen LogP contribution in [0.15, 0.2) is 29.5 Å². The highest BCUT2D eigenvalue weighted by Gasteiger charge is 2.08. The maximum atomic E-state index is 10.8. The van der Waals surface area contributed by atoms with E-state index in [0.29, 0.717) is 0 Å². The van der Waals surface area contributed by atoms with Crippen molar-refractivity contribution >= 4 is 17.3 Å². The van der Waals surface area contributed by atoms with Crippen molar-refractivity contribution in [2.24, 2.45) is 0 Å². The highest BCUT2D eigenvalue weighted by atomic mass is 32.1. The molecule has 3 heteroatoms. The first-order valence-electron chi connectivity index (χ1n) is 3.59. The van der Waals surface area contributed by atoms with E-state index in [1.165, 1.54) is 6.08 Å². The van der Waals surface area contributed by atoms with Crippen molar-refractivity contribution in [3.8, 4) is 0 Å². The monoisotopic (exact) mass is 182 g/mol. The lowest BCUT2D eigenvalue weighted by atomic mass is 10.2. The second-order valence-corrected chi connectivity index (χ2v) is 3.12. The van der Waals surface area contributed by atoms with E-state index in [1.54, 1.807) is 11.3 Å². The molecule has 1 unspecified atom stereocenters. The van der Waals surface area contributed by atoms with Crippen LogP contribution in [0, 0.1) is 0 Å². The largest absolute Gasteiger partial charge is 0.455 e. The predicted molar refractivity (Wildman–Crippen MR) is 49.0 cm³/mol. The molecule has 1 aromatic heterocycles. The number of ether oxygens (including phenoxy) is 1. The third-order valence-electron chi connectivity index (χ3n) is 1.47. The zero-order valence-corrected chi connectivity index (χ0v) is 7.64. The summed E-state index contributed by atoms with van der Waals surface area (Å²) in [6.07, 6.45) is 0.991. The molecule has 0 N–H and O–H groups in total. The van der Waals surface area contributed by atoms with Crippen LogP contribution in [0.4, 0.5) is 0 Å². The van der Waals surface area contributed by atoms with Gasteiger partial charge in [-0.3, -0.25) is 0 Å². The topological polar surface area (TPSA) is 26.3 Å². The Morgan fingerprint density at radius 1 is 1.83 bits per heavy atom. The maximum Gasteiger partial charge on any atom is 0.330 e. The summed E-state index contributed by atoms with van der Waals surface area (Å²) >= 11 is 1.59. The van der Waals surface area contributed by atoms with Gasteiger partial charge in [0.1, 0.15) is 6.10 Å². The van der Waals surface area contributed by atoms with Crippen LogP contribution in [-0.4, -0.2) is 5.97 Å². The SMILES string of the molecule is C=CC(=O)OC(C)c1ccsc1. The summed E-state index contributed by atoms with van der Waals surface area (Å²) in [5.74, 6) is -0.381. The number of hydrogen-bond donors (Lipinski definition) is 0. The first kappa shape index (κ1) is 9.00. The Morgan fingerprint density at radius 3 is 3.08 bits per heavy atom. The quantitative estimate of drug-likeness (QED) is 0.530. The molecule has 0 bridgehead atoms. The molecular weight excluding hydrogens is 172 g/mol. The van der Waals surface area contributed by atoms with Crippen molar-refractivity contribution in [2.45, 2.75) is 13.0 Å². The Balaban J connectivity index is 2.55. The van der Waals surface area contributed by atoms with E-state index >= 15 is 0 Å². The Labute approximate surface area is 75.5 Å². The maximum absolute atomic E-state index is 10.8. The molecule has 0 aromatic carbocycles. The number of thiophene rings is 1. The van der Waals surface area contributed by atoms with Crippen LogP contribution >= 0.6 is 11.3 Å². The molecule has 0 saturated carbocycles. The Hall–Kier alpha value is -1.09. The molecule has 1 heterocycles. The van der Waals surface area contributed by atoms with Crippen molar-refractivity contribution < 1.29 is 9.53 Å². The van der Waals surface area contributed by atoms with Gasteiger partial charge in [-0.25, -0.2) is 4.79 Å². The molecule has 1 rings (SSSR count). The van der Waals surface area contributed by atoms with E-state index < -0.39 is 0 Å². The lowest BCUT2D eigenvalue weighted by Gasteiger charge is -2.09. The van der Waals surface area contributed by atoms with Crippen LogP contribution in [0.2, 0.25) is 0 Å². The molecular formula is C9H10O2S. The first-order chi connectivity index (χ1) is 5.74. The summed E-state index contributed by atoms with van der Waals surface area (Å²) in [5.41, 5.74) is 1.02. The van der Waals surface area contributed by atoms with Crippen molar-refractivity contribution in [3.05, 3.63) is 35.0 Å². The summed E-state index contributed by atoms with van der Waals surface area (Å²) in [5, 5.41) is 3.91. The minimum absolute atomic E-state index is 0.179. The van der Waals surface area contributed by atoms with Crippen LogP contribution < -0.4 is 0 Å². The number of carbonyl (C=O) groups excluding carboxylic acids is 1. The van der Waals surface area contributed by atoms with Gasteiger partial charge in [-0.2, -0.15) is 11.3 Å². The van der Waals surface area contributed by atoms with Gasteiger partial charge in [0.15, 0.2) is 0 Å². The molecule has 64 valence electrons. The zero-order chi connectivity index (χ0) is 8.97. The van der Waals surface area contributed by atoms with Gasteiger partial charge in [0.2, 0.25) is 0 Å². The number of carbonyl (C=O) groups is 1. The highest BCUT2D eigenvalue weighted by Crippen LogP contribution is 2.19.